The first-order valence-corrected chi connectivity index (χ1v) is 7.55. The summed E-state index contributed by atoms with van der Waals surface area (Å²) in [6.07, 6.45) is 2.01. The number of rotatable bonds is 6. The van der Waals surface area contributed by atoms with Crippen molar-refractivity contribution < 1.29 is 14.3 Å². The van der Waals surface area contributed by atoms with Gasteiger partial charge in [-0.3, -0.25) is 9.59 Å². The molecule has 7 heteroatoms. The summed E-state index contributed by atoms with van der Waals surface area (Å²) in [7, 11) is 0. The fraction of sp³-hybridized carbons (Fsp3) is 0.538. The van der Waals surface area contributed by atoms with Crippen molar-refractivity contribution in [2.45, 2.75) is 32.2 Å². The van der Waals surface area contributed by atoms with E-state index in [2.05, 4.69) is 15.3 Å². The number of amides is 1. The van der Waals surface area contributed by atoms with Crippen LogP contribution in [0.2, 0.25) is 0 Å². The average Bonchev–Trinajstić information content (AvgIpc) is 2.37. The lowest BCUT2D eigenvalue weighted by molar-refractivity contribution is -0.142. The molecule has 0 atom stereocenters. The van der Waals surface area contributed by atoms with Crippen LogP contribution in [0.1, 0.15) is 35.2 Å². The van der Waals surface area contributed by atoms with E-state index >= 15 is 0 Å². The van der Waals surface area contributed by atoms with E-state index in [-0.39, 0.29) is 24.8 Å². The molecule has 0 radical (unpaired) electrons. The van der Waals surface area contributed by atoms with Crippen molar-refractivity contribution in [3.05, 3.63) is 17.1 Å². The van der Waals surface area contributed by atoms with Gasteiger partial charge in [-0.15, -0.1) is 11.8 Å². The van der Waals surface area contributed by atoms with Crippen LogP contribution in [0.5, 0.6) is 0 Å². The van der Waals surface area contributed by atoms with Gasteiger partial charge in [-0.25, -0.2) is 9.97 Å². The summed E-state index contributed by atoms with van der Waals surface area (Å²) in [5, 5.41) is 3.33. The number of nitrogens with one attached hydrogen (secondary N) is 1. The Morgan fingerprint density at radius 3 is 2.60 bits per heavy atom. The van der Waals surface area contributed by atoms with Gasteiger partial charge < -0.3 is 10.1 Å². The molecule has 0 saturated heterocycles. The number of carbonyl (C=O) groups excluding carboxylic acids is 2. The Kier molecular flexibility index (Phi) is 6.44. The Morgan fingerprint density at radius 2 is 2.00 bits per heavy atom. The smallest absolute Gasteiger partial charge is 0.307 e. The van der Waals surface area contributed by atoms with Crippen LogP contribution in [-0.2, 0) is 9.53 Å². The summed E-state index contributed by atoms with van der Waals surface area (Å²) in [6.45, 7) is 5.88. The maximum atomic E-state index is 12.1. The number of thioether (sulfide) groups is 1. The molecule has 0 aromatic carbocycles. The fourth-order valence-electron chi connectivity index (χ4n) is 1.69. The van der Waals surface area contributed by atoms with Gasteiger partial charge in [0.2, 0.25) is 0 Å². The van der Waals surface area contributed by atoms with Crippen LogP contribution in [0.3, 0.4) is 0 Å². The molecule has 0 spiro atoms. The molecule has 0 fully saturated rings. The first-order chi connectivity index (χ1) is 9.49. The lowest BCUT2D eigenvalue weighted by atomic mass is 10.2. The lowest BCUT2D eigenvalue weighted by Crippen LogP contribution is -2.28. The molecule has 0 bridgehead atoms. The average molecular weight is 297 g/mol. The van der Waals surface area contributed by atoms with Gasteiger partial charge in [-0.05, 0) is 27.0 Å². The van der Waals surface area contributed by atoms with Crippen molar-refractivity contribution >= 4 is 23.6 Å². The second-order valence-corrected chi connectivity index (χ2v) is 4.85. The largest absolute Gasteiger partial charge is 0.466 e. The zero-order valence-corrected chi connectivity index (χ0v) is 13.0. The molecule has 110 valence electrons. The van der Waals surface area contributed by atoms with E-state index in [0.717, 1.165) is 0 Å². The summed E-state index contributed by atoms with van der Waals surface area (Å²) in [4.78, 5) is 31.8. The van der Waals surface area contributed by atoms with Gasteiger partial charge in [0.05, 0.1) is 24.3 Å². The van der Waals surface area contributed by atoms with E-state index in [9.17, 15) is 9.59 Å². The summed E-state index contributed by atoms with van der Waals surface area (Å²) < 4.78 is 4.79. The van der Waals surface area contributed by atoms with Gasteiger partial charge >= 0.3 is 5.97 Å². The first-order valence-electron chi connectivity index (χ1n) is 6.32. The predicted octanol–water partition coefficient (Wildman–Crippen LogP) is 1.50. The van der Waals surface area contributed by atoms with Crippen LogP contribution < -0.4 is 5.32 Å². The van der Waals surface area contributed by atoms with Gasteiger partial charge in [0.25, 0.3) is 5.91 Å². The van der Waals surface area contributed by atoms with Crippen LogP contribution in [0.15, 0.2) is 5.03 Å². The fourth-order valence-corrected chi connectivity index (χ4v) is 2.36. The zero-order valence-electron chi connectivity index (χ0n) is 12.1. The number of ether oxygens (including phenoxy) is 1. The number of esters is 1. The minimum Gasteiger partial charge on any atom is -0.466 e. The third-order valence-electron chi connectivity index (χ3n) is 2.51. The highest BCUT2D eigenvalue weighted by Crippen LogP contribution is 2.20. The maximum absolute atomic E-state index is 12.1. The van der Waals surface area contributed by atoms with Crippen LogP contribution in [0, 0.1) is 13.8 Å². The molecule has 0 aliphatic heterocycles. The Bertz CT molecular complexity index is 506. The Labute approximate surface area is 122 Å². The highest BCUT2D eigenvalue weighted by atomic mass is 32.2. The Morgan fingerprint density at radius 1 is 1.30 bits per heavy atom. The second kappa shape index (κ2) is 7.84. The molecule has 1 rings (SSSR count). The molecule has 20 heavy (non-hydrogen) atoms. The summed E-state index contributed by atoms with van der Waals surface area (Å²) in [5.74, 6) is 0.0424. The summed E-state index contributed by atoms with van der Waals surface area (Å²) >= 11 is 1.40. The Balaban J connectivity index is 2.70. The van der Waals surface area contributed by atoms with Gasteiger partial charge in [0, 0.05) is 6.54 Å². The van der Waals surface area contributed by atoms with Gasteiger partial charge in [-0.2, -0.15) is 0 Å². The quantitative estimate of drug-likeness (QED) is 0.487. The molecule has 1 aromatic heterocycles. The predicted molar refractivity (Wildman–Crippen MR) is 76.9 cm³/mol. The summed E-state index contributed by atoms with van der Waals surface area (Å²) in [6, 6.07) is 0. The molecule has 6 nitrogen and oxygen atoms in total. The van der Waals surface area contributed by atoms with Crippen LogP contribution in [-0.4, -0.2) is 41.3 Å². The van der Waals surface area contributed by atoms with Crippen LogP contribution >= 0.6 is 11.8 Å². The molecule has 1 amide bonds. The minimum absolute atomic E-state index is 0.153. The number of aryl methyl sites for hydroxylation is 2. The number of nitrogens with zero attached hydrogens (tertiary/aromatic N) is 2. The first kappa shape index (κ1) is 16.4. The van der Waals surface area contributed by atoms with Crippen molar-refractivity contribution in [2.24, 2.45) is 0 Å². The maximum Gasteiger partial charge on any atom is 0.307 e. The normalized spacial score (nSPS) is 10.2. The van der Waals surface area contributed by atoms with Gasteiger partial charge in [0.1, 0.15) is 10.9 Å². The number of aromatic nitrogens is 2. The van der Waals surface area contributed by atoms with E-state index in [1.807, 2.05) is 6.26 Å². The van der Waals surface area contributed by atoms with E-state index in [4.69, 9.17) is 4.74 Å². The van der Waals surface area contributed by atoms with E-state index in [1.54, 1.807) is 20.8 Å². The van der Waals surface area contributed by atoms with Crippen LogP contribution in [0.4, 0.5) is 0 Å². The molecule has 1 aromatic rings. The third-order valence-corrected chi connectivity index (χ3v) is 3.19. The van der Waals surface area contributed by atoms with Crippen molar-refractivity contribution in [3.63, 3.8) is 0 Å². The molecule has 1 N–H and O–H groups in total. The lowest BCUT2D eigenvalue weighted by Gasteiger charge is -2.10. The summed E-state index contributed by atoms with van der Waals surface area (Å²) in [5.41, 5.74) is 1.10. The standard InChI is InChI=1S/C13H19N3O3S/c1-5-19-10(17)6-7-14-12(18)11-8(2)15-9(3)16-13(11)20-4/h5-7H2,1-4H3,(H,14,18). The Hall–Kier alpha value is -1.63. The number of hydrogen-bond acceptors (Lipinski definition) is 6. The van der Waals surface area contributed by atoms with Crippen molar-refractivity contribution in [2.75, 3.05) is 19.4 Å². The zero-order chi connectivity index (χ0) is 15.1. The van der Waals surface area contributed by atoms with Gasteiger partial charge in [0.15, 0.2) is 0 Å². The van der Waals surface area contributed by atoms with Crippen molar-refractivity contribution in [1.29, 1.82) is 0 Å². The molecule has 1 heterocycles. The SMILES string of the molecule is CCOC(=O)CCNC(=O)c1c(C)nc(C)nc1SC. The highest BCUT2D eigenvalue weighted by molar-refractivity contribution is 7.98. The third kappa shape index (κ3) is 4.48. The molecular formula is C13H19N3O3S. The number of carbonyl (C=O) groups is 2. The molecule has 0 unspecified atom stereocenters. The topological polar surface area (TPSA) is 81.2 Å². The molecule has 0 aliphatic rings. The highest BCUT2D eigenvalue weighted by Gasteiger charge is 2.17. The molecule has 0 aliphatic carbocycles. The van der Waals surface area contributed by atoms with E-state index < -0.39 is 0 Å². The molecule has 0 saturated carbocycles. The van der Waals surface area contributed by atoms with Crippen molar-refractivity contribution in [3.8, 4) is 0 Å². The van der Waals surface area contributed by atoms with Crippen molar-refractivity contribution in [1.82, 2.24) is 15.3 Å². The minimum atomic E-state index is -0.324. The van der Waals surface area contributed by atoms with Gasteiger partial charge in [-0.1, -0.05) is 0 Å². The van der Waals surface area contributed by atoms with E-state index in [1.165, 1.54) is 11.8 Å². The monoisotopic (exact) mass is 297 g/mol. The molecular weight excluding hydrogens is 278 g/mol. The number of hydrogen-bond donors (Lipinski definition) is 1. The van der Waals surface area contributed by atoms with E-state index in [0.29, 0.717) is 28.7 Å². The second-order valence-electron chi connectivity index (χ2n) is 4.05. The van der Waals surface area contributed by atoms with Crippen LogP contribution in [0.25, 0.3) is 0 Å².